The van der Waals surface area contributed by atoms with Crippen LogP contribution in [0, 0.1) is 11.7 Å². The number of benzene rings is 2. The van der Waals surface area contributed by atoms with Crippen molar-refractivity contribution < 1.29 is 33.0 Å². The number of carbonyl (C=O) groups is 3. The summed E-state index contributed by atoms with van der Waals surface area (Å²) in [5.74, 6) is -0.674. The number of amides is 2. The lowest BCUT2D eigenvalue weighted by Gasteiger charge is -2.49. The fourth-order valence-electron chi connectivity index (χ4n) is 6.48. The lowest BCUT2D eigenvalue weighted by Crippen LogP contribution is -2.60. The van der Waals surface area contributed by atoms with Crippen LogP contribution in [0.3, 0.4) is 0 Å². The van der Waals surface area contributed by atoms with Crippen molar-refractivity contribution in [3.63, 3.8) is 0 Å². The molecule has 44 heavy (non-hydrogen) atoms. The van der Waals surface area contributed by atoms with Gasteiger partial charge in [0.2, 0.25) is 0 Å². The molecule has 2 N–H and O–H groups in total. The second-order valence-corrected chi connectivity index (χ2v) is 13.7. The highest BCUT2D eigenvalue weighted by molar-refractivity contribution is 6.31. The van der Waals surface area contributed by atoms with Crippen LogP contribution in [-0.2, 0) is 19.1 Å². The molecule has 2 aliphatic carbocycles. The standard InChI is InChI=1S/C32H38Cl2FN3O6/c1-31(2,3)44-29(40)17-38-16-27(43-26-9-6-20(33)13-25(26)38)30(41)36-24-10-12-32(11-4-5-19(24)15-32)37-28(39)18-42-21-7-8-22(34)23(35)14-21/h6-9,13-14,19,24,27H,4-5,10-12,15-18H2,1-3H3,(H,36,41)(H,37,39)/t19?,24?,27-,32?/m1/s1. The number of rotatable bonds is 8. The van der Waals surface area contributed by atoms with Gasteiger partial charge >= 0.3 is 5.97 Å². The van der Waals surface area contributed by atoms with Crippen molar-refractivity contribution in [1.29, 1.82) is 0 Å². The smallest absolute Gasteiger partial charge is 0.326 e. The zero-order valence-corrected chi connectivity index (χ0v) is 26.6. The average Bonchev–Trinajstić information content (AvgIpc) is 2.94. The topological polar surface area (TPSA) is 106 Å². The third-order valence-corrected chi connectivity index (χ3v) is 8.87. The summed E-state index contributed by atoms with van der Waals surface area (Å²) in [6, 6.07) is 9.07. The maximum absolute atomic E-state index is 13.7. The van der Waals surface area contributed by atoms with E-state index >= 15 is 0 Å². The number of hydrogen-bond acceptors (Lipinski definition) is 7. The van der Waals surface area contributed by atoms with Gasteiger partial charge in [0.15, 0.2) is 12.7 Å². The van der Waals surface area contributed by atoms with E-state index < -0.39 is 23.5 Å². The Morgan fingerprint density at radius 2 is 1.91 bits per heavy atom. The number of halogens is 3. The monoisotopic (exact) mass is 649 g/mol. The first kappa shape index (κ1) is 32.2. The summed E-state index contributed by atoms with van der Waals surface area (Å²) in [7, 11) is 0. The molecule has 238 valence electrons. The van der Waals surface area contributed by atoms with Crippen molar-refractivity contribution in [3.05, 3.63) is 52.3 Å². The van der Waals surface area contributed by atoms with Crippen LogP contribution in [0.4, 0.5) is 10.1 Å². The molecular formula is C32H38Cl2FN3O6. The minimum absolute atomic E-state index is 0.0132. The Morgan fingerprint density at radius 3 is 2.66 bits per heavy atom. The molecule has 12 heteroatoms. The average molecular weight is 651 g/mol. The normalized spacial score (nSPS) is 24.4. The minimum atomic E-state index is -0.837. The van der Waals surface area contributed by atoms with Crippen LogP contribution < -0.4 is 25.0 Å². The summed E-state index contributed by atoms with van der Waals surface area (Å²) in [6.07, 6.45) is 3.98. The zero-order valence-electron chi connectivity index (χ0n) is 25.1. The van der Waals surface area contributed by atoms with Gasteiger partial charge in [-0.25, -0.2) is 4.39 Å². The Kier molecular flexibility index (Phi) is 9.51. The van der Waals surface area contributed by atoms with E-state index in [0.717, 1.165) is 31.7 Å². The number of ether oxygens (including phenoxy) is 3. The third kappa shape index (κ3) is 7.88. The SMILES string of the molecule is CC(C)(C)OC(=O)CN1C[C@H](C(=O)NC2CCC3(NC(=O)COc4ccc(Cl)c(F)c4)CCCC2C3)Oc2ccc(Cl)cc21. The van der Waals surface area contributed by atoms with Gasteiger partial charge in [0.05, 0.1) is 17.3 Å². The van der Waals surface area contributed by atoms with E-state index in [1.54, 1.807) is 43.9 Å². The molecule has 0 saturated heterocycles. The molecular weight excluding hydrogens is 612 g/mol. The number of esters is 1. The molecule has 2 bridgehead atoms. The van der Waals surface area contributed by atoms with Gasteiger partial charge in [0, 0.05) is 22.7 Å². The number of fused-ring (bicyclic) bond motifs is 3. The Morgan fingerprint density at radius 1 is 1.11 bits per heavy atom. The van der Waals surface area contributed by atoms with Gasteiger partial charge < -0.3 is 29.7 Å². The van der Waals surface area contributed by atoms with Gasteiger partial charge in [-0.3, -0.25) is 14.4 Å². The number of anilines is 1. The van der Waals surface area contributed by atoms with E-state index in [0.29, 0.717) is 29.3 Å². The van der Waals surface area contributed by atoms with Gasteiger partial charge in [-0.05, 0) is 89.1 Å². The van der Waals surface area contributed by atoms with Crippen LogP contribution in [0.1, 0.15) is 59.3 Å². The fourth-order valence-corrected chi connectivity index (χ4v) is 6.76. The quantitative estimate of drug-likeness (QED) is 0.367. The fraction of sp³-hybridized carbons (Fsp3) is 0.531. The molecule has 4 atom stereocenters. The van der Waals surface area contributed by atoms with Crippen molar-refractivity contribution in [2.45, 2.75) is 82.6 Å². The van der Waals surface area contributed by atoms with Crippen molar-refractivity contribution in [1.82, 2.24) is 10.6 Å². The highest BCUT2D eigenvalue weighted by atomic mass is 35.5. The molecule has 2 saturated carbocycles. The van der Waals surface area contributed by atoms with E-state index in [1.807, 2.05) is 0 Å². The minimum Gasteiger partial charge on any atom is -0.484 e. The van der Waals surface area contributed by atoms with Crippen LogP contribution >= 0.6 is 23.2 Å². The van der Waals surface area contributed by atoms with Crippen molar-refractivity contribution >= 4 is 46.7 Å². The molecule has 9 nitrogen and oxygen atoms in total. The largest absolute Gasteiger partial charge is 0.484 e. The molecule has 0 aromatic heterocycles. The lowest BCUT2D eigenvalue weighted by molar-refractivity contribution is -0.153. The maximum atomic E-state index is 13.7. The van der Waals surface area contributed by atoms with Crippen LogP contribution in [0.15, 0.2) is 36.4 Å². The van der Waals surface area contributed by atoms with Crippen LogP contribution in [0.5, 0.6) is 11.5 Å². The summed E-state index contributed by atoms with van der Waals surface area (Å²) in [5.41, 5.74) is -0.390. The highest BCUT2D eigenvalue weighted by Crippen LogP contribution is 2.43. The van der Waals surface area contributed by atoms with Crippen LogP contribution in [0.25, 0.3) is 0 Å². The van der Waals surface area contributed by atoms with Crippen molar-refractivity contribution in [2.24, 2.45) is 5.92 Å². The van der Waals surface area contributed by atoms with E-state index in [9.17, 15) is 18.8 Å². The van der Waals surface area contributed by atoms with E-state index in [-0.39, 0.29) is 59.8 Å². The predicted octanol–water partition coefficient (Wildman–Crippen LogP) is 5.44. The molecule has 3 unspecified atom stereocenters. The summed E-state index contributed by atoms with van der Waals surface area (Å²) in [5, 5.41) is 6.86. The molecule has 0 radical (unpaired) electrons. The molecule has 5 rings (SSSR count). The first-order valence-electron chi connectivity index (χ1n) is 14.9. The number of nitrogens with zero attached hydrogens (tertiary/aromatic N) is 1. The van der Waals surface area contributed by atoms with Gasteiger partial charge in [-0.2, -0.15) is 0 Å². The van der Waals surface area contributed by atoms with E-state index in [1.165, 1.54) is 12.1 Å². The molecule has 2 aromatic rings. The summed E-state index contributed by atoms with van der Waals surface area (Å²) < 4.78 is 30.8. The second-order valence-electron chi connectivity index (χ2n) is 12.9. The molecule has 2 fully saturated rings. The van der Waals surface area contributed by atoms with Gasteiger partial charge in [0.25, 0.3) is 11.8 Å². The van der Waals surface area contributed by atoms with Crippen molar-refractivity contribution in [3.8, 4) is 11.5 Å². The van der Waals surface area contributed by atoms with Crippen molar-refractivity contribution in [2.75, 3.05) is 24.6 Å². The maximum Gasteiger partial charge on any atom is 0.326 e. The number of nitrogens with one attached hydrogen (secondary N) is 2. The lowest BCUT2D eigenvalue weighted by atomic mass is 9.65. The third-order valence-electron chi connectivity index (χ3n) is 8.33. The first-order valence-corrected chi connectivity index (χ1v) is 15.7. The van der Waals surface area contributed by atoms with Gasteiger partial charge in [0.1, 0.15) is 29.5 Å². The Labute approximate surface area is 266 Å². The molecule has 2 aromatic carbocycles. The highest BCUT2D eigenvalue weighted by Gasteiger charge is 2.45. The molecule has 1 aliphatic heterocycles. The van der Waals surface area contributed by atoms with E-state index in [4.69, 9.17) is 37.4 Å². The number of hydrogen-bond donors (Lipinski definition) is 2. The molecule has 0 spiro atoms. The second kappa shape index (κ2) is 13.0. The van der Waals surface area contributed by atoms with Gasteiger partial charge in [-0.15, -0.1) is 0 Å². The predicted molar refractivity (Wildman–Crippen MR) is 165 cm³/mol. The molecule has 2 amide bonds. The molecule has 1 heterocycles. The Hall–Kier alpha value is -3.24. The first-order chi connectivity index (χ1) is 20.8. The van der Waals surface area contributed by atoms with Crippen LogP contribution in [-0.4, -0.2) is 60.8 Å². The summed E-state index contributed by atoms with van der Waals surface area (Å²) >= 11 is 12.0. The molecule has 3 aliphatic rings. The Bertz CT molecular complexity index is 1420. The summed E-state index contributed by atoms with van der Waals surface area (Å²) in [6.45, 7) is 5.28. The van der Waals surface area contributed by atoms with E-state index in [2.05, 4.69) is 10.6 Å². The Balaban J connectivity index is 1.18. The van der Waals surface area contributed by atoms with Gasteiger partial charge in [-0.1, -0.05) is 29.6 Å². The number of carbonyl (C=O) groups excluding carboxylic acids is 3. The van der Waals surface area contributed by atoms with Crippen LogP contribution in [0.2, 0.25) is 10.0 Å². The summed E-state index contributed by atoms with van der Waals surface area (Å²) in [4.78, 5) is 40.8. The zero-order chi connectivity index (χ0) is 31.6.